The number of thiazole rings is 1. The molecule has 0 radical (unpaired) electrons. The number of nitrogens with one attached hydrogen (secondary N) is 1. The molecule has 0 fully saturated rings. The van der Waals surface area contributed by atoms with Gasteiger partial charge in [-0.25, -0.2) is 14.4 Å². The zero-order chi connectivity index (χ0) is 22.8. The second-order valence-electron chi connectivity index (χ2n) is 8.60. The standard InChI is InChI=1S/C22H28FN5O2S/c1-13(2)9-22(4)10-19(29)28(21(24)27-22)11-18-26-17(12-31-18)20(30)25-14(3)15-6-5-7-16(23)8-15/h5-8,12-14H,9-11H2,1-4H3,(H2,24,27)(H,25,30)/t14-,22+/m0/s1. The lowest BCUT2D eigenvalue weighted by Crippen LogP contribution is -2.50. The molecule has 1 aliphatic rings. The Kier molecular flexibility index (Phi) is 6.74. The summed E-state index contributed by atoms with van der Waals surface area (Å²) in [5, 5.41) is 5.03. The molecular formula is C22H28FN5O2S. The molecule has 0 unspecified atom stereocenters. The molecule has 0 bridgehead atoms. The summed E-state index contributed by atoms with van der Waals surface area (Å²) >= 11 is 1.28. The van der Waals surface area contributed by atoms with Crippen LogP contribution in [0.1, 0.15) is 67.6 Å². The van der Waals surface area contributed by atoms with Crippen LogP contribution in [0.2, 0.25) is 0 Å². The number of hydrogen-bond donors (Lipinski definition) is 2. The predicted octanol–water partition coefficient (Wildman–Crippen LogP) is 3.63. The van der Waals surface area contributed by atoms with Gasteiger partial charge in [-0.3, -0.25) is 14.5 Å². The topological polar surface area (TPSA) is 101 Å². The SMILES string of the molecule is CC(C)C[C@]1(C)CC(=O)N(Cc2nc(C(=O)N[C@@H](C)c3cccc(F)c3)cs2)C(N)=N1. The van der Waals surface area contributed by atoms with Crippen molar-refractivity contribution in [2.75, 3.05) is 0 Å². The van der Waals surface area contributed by atoms with E-state index in [1.54, 1.807) is 24.4 Å². The number of amides is 2. The van der Waals surface area contributed by atoms with Gasteiger partial charge in [0.15, 0.2) is 5.96 Å². The van der Waals surface area contributed by atoms with Crippen LogP contribution in [0.4, 0.5) is 4.39 Å². The van der Waals surface area contributed by atoms with Crippen LogP contribution in [0.25, 0.3) is 0 Å². The van der Waals surface area contributed by atoms with Crippen molar-refractivity contribution in [3.05, 3.63) is 51.7 Å². The quantitative estimate of drug-likeness (QED) is 0.680. The molecule has 3 N–H and O–H groups in total. The van der Waals surface area contributed by atoms with Crippen molar-refractivity contribution >= 4 is 29.1 Å². The number of halogens is 1. The van der Waals surface area contributed by atoms with Gasteiger partial charge in [-0.1, -0.05) is 26.0 Å². The maximum atomic E-state index is 13.4. The van der Waals surface area contributed by atoms with E-state index in [0.717, 1.165) is 6.42 Å². The Bertz CT molecular complexity index is 1010. The van der Waals surface area contributed by atoms with Crippen molar-refractivity contribution in [2.45, 2.75) is 58.7 Å². The Morgan fingerprint density at radius 3 is 2.77 bits per heavy atom. The van der Waals surface area contributed by atoms with Gasteiger partial charge in [0, 0.05) is 5.38 Å². The summed E-state index contributed by atoms with van der Waals surface area (Å²) < 4.78 is 13.4. The Morgan fingerprint density at radius 2 is 2.13 bits per heavy atom. The molecule has 1 aliphatic heterocycles. The molecule has 2 aromatic rings. The second-order valence-corrected chi connectivity index (χ2v) is 9.54. The number of carbonyl (C=O) groups excluding carboxylic acids is 2. The number of benzene rings is 1. The largest absolute Gasteiger partial charge is 0.369 e. The normalized spacial score (nSPS) is 20.0. The fourth-order valence-corrected chi connectivity index (χ4v) is 4.61. The van der Waals surface area contributed by atoms with E-state index in [2.05, 4.69) is 29.1 Å². The molecule has 0 saturated heterocycles. The van der Waals surface area contributed by atoms with E-state index in [9.17, 15) is 14.0 Å². The highest BCUT2D eigenvalue weighted by molar-refractivity contribution is 7.09. The Labute approximate surface area is 185 Å². The average Bonchev–Trinajstić information content (AvgIpc) is 3.12. The van der Waals surface area contributed by atoms with Gasteiger partial charge >= 0.3 is 0 Å². The van der Waals surface area contributed by atoms with Gasteiger partial charge in [0.1, 0.15) is 16.5 Å². The number of carbonyl (C=O) groups is 2. The molecule has 166 valence electrons. The number of aliphatic imine (C=N–C) groups is 1. The lowest BCUT2D eigenvalue weighted by molar-refractivity contribution is -0.130. The molecule has 7 nitrogen and oxygen atoms in total. The summed E-state index contributed by atoms with van der Waals surface area (Å²) in [6.07, 6.45) is 1.06. The minimum atomic E-state index is -0.493. The number of rotatable bonds is 7. The van der Waals surface area contributed by atoms with E-state index < -0.39 is 5.54 Å². The van der Waals surface area contributed by atoms with E-state index in [1.807, 2.05) is 6.92 Å². The van der Waals surface area contributed by atoms with Crippen LogP contribution in [0.3, 0.4) is 0 Å². The third-order valence-corrected chi connectivity index (χ3v) is 5.95. The smallest absolute Gasteiger partial charge is 0.271 e. The highest BCUT2D eigenvalue weighted by atomic mass is 32.1. The van der Waals surface area contributed by atoms with Gasteiger partial charge in [-0.2, -0.15) is 0 Å². The molecule has 0 saturated carbocycles. The van der Waals surface area contributed by atoms with E-state index in [4.69, 9.17) is 5.73 Å². The number of aromatic nitrogens is 1. The van der Waals surface area contributed by atoms with Crippen LogP contribution in [0.15, 0.2) is 34.6 Å². The summed E-state index contributed by atoms with van der Waals surface area (Å²) in [5.41, 5.74) is 6.51. The first-order valence-corrected chi connectivity index (χ1v) is 11.1. The average molecular weight is 446 g/mol. The lowest BCUT2D eigenvalue weighted by Gasteiger charge is -2.35. The molecule has 2 heterocycles. The first-order chi connectivity index (χ1) is 14.6. The molecule has 1 aromatic carbocycles. The van der Waals surface area contributed by atoms with Crippen molar-refractivity contribution in [3.63, 3.8) is 0 Å². The van der Waals surface area contributed by atoms with Crippen LogP contribution >= 0.6 is 11.3 Å². The van der Waals surface area contributed by atoms with Gasteiger partial charge in [-0.15, -0.1) is 11.3 Å². The summed E-state index contributed by atoms with van der Waals surface area (Å²) in [7, 11) is 0. The van der Waals surface area contributed by atoms with Crippen molar-refractivity contribution in [2.24, 2.45) is 16.6 Å². The maximum absolute atomic E-state index is 13.4. The summed E-state index contributed by atoms with van der Waals surface area (Å²) in [6, 6.07) is 5.71. The van der Waals surface area contributed by atoms with Crippen LogP contribution in [-0.4, -0.2) is 33.2 Å². The molecule has 2 atom stereocenters. The first-order valence-electron chi connectivity index (χ1n) is 10.2. The fourth-order valence-electron chi connectivity index (χ4n) is 3.84. The minimum Gasteiger partial charge on any atom is -0.369 e. The number of nitrogens with zero attached hydrogens (tertiary/aromatic N) is 3. The van der Waals surface area contributed by atoms with Crippen LogP contribution in [-0.2, 0) is 11.3 Å². The maximum Gasteiger partial charge on any atom is 0.271 e. The third-order valence-electron chi connectivity index (χ3n) is 5.12. The molecule has 1 aromatic heterocycles. The zero-order valence-corrected chi connectivity index (χ0v) is 19.0. The van der Waals surface area contributed by atoms with Crippen LogP contribution in [0.5, 0.6) is 0 Å². The molecule has 0 aliphatic carbocycles. The van der Waals surface area contributed by atoms with Crippen molar-refractivity contribution in [1.82, 2.24) is 15.2 Å². The Hall–Kier alpha value is -2.81. The van der Waals surface area contributed by atoms with Crippen molar-refractivity contribution < 1.29 is 14.0 Å². The highest BCUT2D eigenvalue weighted by Gasteiger charge is 2.36. The van der Waals surface area contributed by atoms with Gasteiger partial charge in [-0.05, 0) is 43.9 Å². The van der Waals surface area contributed by atoms with Crippen molar-refractivity contribution in [3.8, 4) is 0 Å². The molecule has 9 heteroatoms. The predicted molar refractivity (Wildman–Crippen MR) is 119 cm³/mol. The van der Waals surface area contributed by atoms with Crippen molar-refractivity contribution in [1.29, 1.82) is 0 Å². The monoisotopic (exact) mass is 445 g/mol. The summed E-state index contributed by atoms with van der Waals surface area (Å²) in [5.74, 6) is -0.243. The first kappa shape index (κ1) is 22.9. The van der Waals surface area contributed by atoms with Gasteiger partial charge in [0.2, 0.25) is 5.91 Å². The van der Waals surface area contributed by atoms with E-state index in [-0.39, 0.29) is 48.3 Å². The molecule has 31 heavy (non-hydrogen) atoms. The number of hydrogen-bond acceptors (Lipinski definition) is 6. The van der Waals surface area contributed by atoms with Crippen LogP contribution < -0.4 is 11.1 Å². The molecule has 3 rings (SSSR count). The van der Waals surface area contributed by atoms with Gasteiger partial charge in [0.05, 0.1) is 24.5 Å². The summed E-state index contributed by atoms with van der Waals surface area (Å²) in [4.78, 5) is 35.6. The zero-order valence-electron chi connectivity index (χ0n) is 18.2. The molecular weight excluding hydrogens is 417 g/mol. The van der Waals surface area contributed by atoms with Gasteiger partial charge in [0.25, 0.3) is 5.91 Å². The van der Waals surface area contributed by atoms with E-state index >= 15 is 0 Å². The Morgan fingerprint density at radius 1 is 1.39 bits per heavy atom. The fraction of sp³-hybridized carbons (Fsp3) is 0.455. The molecule has 2 amide bonds. The summed E-state index contributed by atoms with van der Waals surface area (Å²) in [6.45, 7) is 8.07. The lowest BCUT2D eigenvalue weighted by atomic mass is 9.87. The van der Waals surface area contributed by atoms with Crippen LogP contribution in [0, 0.1) is 11.7 Å². The van der Waals surface area contributed by atoms with E-state index in [0.29, 0.717) is 16.5 Å². The second kappa shape index (κ2) is 9.13. The Balaban J connectivity index is 1.66. The van der Waals surface area contributed by atoms with Gasteiger partial charge < -0.3 is 11.1 Å². The third kappa shape index (κ3) is 5.66. The highest BCUT2D eigenvalue weighted by Crippen LogP contribution is 2.30. The molecule has 0 spiro atoms. The number of nitrogens with two attached hydrogens (primary N) is 1. The number of guanidine groups is 1. The minimum absolute atomic E-state index is 0.100. The van der Waals surface area contributed by atoms with E-state index in [1.165, 1.54) is 28.4 Å².